The zero-order valence-electron chi connectivity index (χ0n) is 5.15. The lowest BCUT2D eigenvalue weighted by Crippen LogP contribution is -2.11. The fourth-order valence-corrected chi connectivity index (χ4v) is 0.909. The zero-order valence-corrected chi connectivity index (χ0v) is 5.97. The van der Waals surface area contributed by atoms with E-state index >= 15 is 0 Å². The Morgan fingerprint density at radius 2 is 2.50 bits per heavy atom. The van der Waals surface area contributed by atoms with Gasteiger partial charge in [0.1, 0.15) is 0 Å². The van der Waals surface area contributed by atoms with Crippen molar-refractivity contribution in [2.24, 2.45) is 10.7 Å². The summed E-state index contributed by atoms with van der Waals surface area (Å²) < 4.78 is 0. The molecule has 1 rings (SSSR count). The molecule has 0 radical (unpaired) electrons. The van der Waals surface area contributed by atoms with Crippen molar-refractivity contribution in [1.29, 1.82) is 0 Å². The molecule has 0 bridgehead atoms. The molecule has 1 amide bonds. The number of hydrogen-bond donors (Lipinski definition) is 1. The number of rotatable bonds is 1. The maximum atomic E-state index is 10.5. The highest BCUT2D eigenvalue weighted by molar-refractivity contribution is 8.14. The molecule has 3 nitrogen and oxygen atoms in total. The van der Waals surface area contributed by atoms with Gasteiger partial charge in [-0.25, -0.2) is 0 Å². The molecule has 0 unspecified atom stereocenters. The Morgan fingerprint density at radius 1 is 1.70 bits per heavy atom. The topological polar surface area (TPSA) is 55.5 Å². The van der Waals surface area contributed by atoms with Crippen molar-refractivity contribution in [2.45, 2.75) is 0 Å². The molecule has 52 valence electrons. The molecule has 0 atom stereocenters. The maximum absolute atomic E-state index is 10.5. The minimum Gasteiger partial charge on any atom is -0.366 e. The summed E-state index contributed by atoms with van der Waals surface area (Å²) in [6.07, 6.45) is 3.08. The van der Waals surface area contributed by atoms with Gasteiger partial charge in [0, 0.05) is 6.20 Å². The summed E-state index contributed by atoms with van der Waals surface area (Å²) in [5, 5.41) is 1.76. The number of carbonyl (C=O) groups is 1. The third-order valence-electron chi connectivity index (χ3n) is 0.946. The highest BCUT2D eigenvalue weighted by Crippen LogP contribution is 2.07. The van der Waals surface area contributed by atoms with E-state index in [4.69, 9.17) is 5.73 Å². The van der Waals surface area contributed by atoms with E-state index in [9.17, 15) is 4.79 Å². The van der Waals surface area contributed by atoms with Gasteiger partial charge < -0.3 is 5.73 Å². The molecule has 0 aromatic carbocycles. The van der Waals surface area contributed by atoms with Gasteiger partial charge >= 0.3 is 0 Å². The molecule has 0 fully saturated rings. The summed E-state index contributed by atoms with van der Waals surface area (Å²) >= 11 is 1.40. The number of carbonyl (C=O) groups excluding carboxylic acids is 1. The second kappa shape index (κ2) is 3.22. The Balaban J connectivity index is 2.83. The second-order valence-electron chi connectivity index (χ2n) is 1.64. The van der Waals surface area contributed by atoms with Crippen LogP contribution in [0.1, 0.15) is 0 Å². The first kappa shape index (κ1) is 7.08. The first-order valence-electron chi connectivity index (χ1n) is 2.64. The normalized spacial score (nSPS) is 16.2. The molecule has 1 heterocycles. The van der Waals surface area contributed by atoms with E-state index in [2.05, 4.69) is 4.99 Å². The Bertz CT molecular complexity index is 230. The highest BCUT2D eigenvalue weighted by Gasteiger charge is 1.99. The van der Waals surface area contributed by atoms with Gasteiger partial charge in [0.15, 0.2) is 0 Å². The van der Waals surface area contributed by atoms with Crippen molar-refractivity contribution >= 4 is 23.2 Å². The minimum atomic E-state index is -0.448. The van der Waals surface area contributed by atoms with Crippen molar-refractivity contribution in [1.82, 2.24) is 0 Å². The van der Waals surface area contributed by atoms with Crippen LogP contribution in [-0.4, -0.2) is 11.5 Å². The first-order chi connectivity index (χ1) is 4.80. The van der Waals surface area contributed by atoms with Crippen molar-refractivity contribution in [3.05, 3.63) is 23.3 Å². The van der Waals surface area contributed by atoms with Crippen LogP contribution < -0.4 is 5.73 Å². The molecule has 1 aliphatic rings. The summed E-state index contributed by atoms with van der Waals surface area (Å²) in [6.45, 7) is 0. The number of thioether (sulfide) groups is 1. The monoisotopic (exact) mass is 154 g/mol. The Kier molecular flexibility index (Phi) is 2.28. The smallest absolute Gasteiger partial charge is 0.250 e. The van der Waals surface area contributed by atoms with Crippen molar-refractivity contribution in [3.63, 3.8) is 0 Å². The van der Waals surface area contributed by atoms with Gasteiger partial charge in [0.25, 0.3) is 0 Å². The largest absolute Gasteiger partial charge is 0.366 e. The summed E-state index contributed by atoms with van der Waals surface area (Å²) in [5.74, 6) is -0.448. The Morgan fingerprint density at radius 3 is 3.20 bits per heavy atom. The minimum absolute atomic E-state index is 0.432. The van der Waals surface area contributed by atoms with Gasteiger partial charge in [-0.3, -0.25) is 9.79 Å². The molecule has 0 saturated heterocycles. The Hall–Kier alpha value is -1.03. The predicted molar refractivity (Wildman–Crippen MR) is 42.5 cm³/mol. The fraction of sp³-hybridized carbons (Fsp3) is 0. The predicted octanol–water partition coefficient (Wildman–Crippen LogP) is 0.644. The standard InChI is InChI=1S/C6H6N2OS/c7-6(9)5-1-2-10-4-8-3-5/h1-4H,(H2,7,9). The van der Waals surface area contributed by atoms with Gasteiger partial charge in [0.2, 0.25) is 5.91 Å². The molecular formula is C6H6N2OS. The molecule has 0 aliphatic carbocycles. The van der Waals surface area contributed by atoms with Crippen LogP contribution in [0, 0.1) is 0 Å². The number of nitrogens with two attached hydrogens (primary N) is 1. The third kappa shape index (κ3) is 1.73. The van der Waals surface area contributed by atoms with Crippen molar-refractivity contribution in [3.8, 4) is 0 Å². The average Bonchev–Trinajstić information content (AvgIpc) is 2.12. The molecule has 0 aromatic rings. The van der Waals surface area contributed by atoms with Crippen LogP contribution in [0.5, 0.6) is 0 Å². The van der Waals surface area contributed by atoms with Crippen LogP contribution in [0.15, 0.2) is 28.2 Å². The summed E-state index contributed by atoms with van der Waals surface area (Å²) in [6, 6.07) is 0. The Labute approximate surface area is 62.7 Å². The number of hydrogen-bond acceptors (Lipinski definition) is 3. The van der Waals surface area contributed by atoms with Gasteiger partial charge in [-0.05, 0) is 11.5 Å². The highest BCUT2D eigenvalue weighted by atomic mass is 32.2. The van der Waals surface area contributed by atoms with E-state index in [0.29, 0.717) is 5.57 Å². The molecule has 2 N–H and O–H groups in total. The average molecular weight is 154 g/mol. The maximum Gasteiger partial charge on any atom is 0.250 e. The van der Waals surface area contributed by atoms with Crippen LogP contribution in [0.25, 0.3) is 0 Å². The lowest BCUT2D eigenvalue weighted by molar-refractivity contribution is -0.114. The zero-order chi connectivity index (χ0) is 7.40. The number of nitrogens with zero attached hydrogens (tertiary/aromatic N) is 1. The lowest BCUT2D eigenvalue weighted by atomic mass is 10.3. The van der Waals surface area contributed by atoms with E-state index in [-0.39, 0.29) is 0 Å². The molecule has 0 aromatic heterocycles. The van der Waals surface area contributed by atoms with Crippen LogP contribution >= 0.6 is 11.8 Å². The van der Waals surface area contributed by atoms with Crippen LogP contribution in [0.4, 0.5) is 0 Å². The van der Waals surface area contributed by atoms with Crippen molar-refractivity contribution < 1.29 is 4.79 Å². The SMILES string of the molecule is NC(=O)C1=CN=CSC=C1. The molecule has 1 aliphatic heterocycles. The number of amides is 1. The van der Waals surface area contributed by atoms with Gasteiger partial charge in [0.05, 0.1) is 11.1 Å². The molecular weight excluding hydrogens is 148 g/mol. The van der Waals surface area contributed by atoms with Gasteiger partial charge in [-0.15, -0.1) is 0 Å². The van der Waals surface area contributed by atoms with E-state index in [1.807, 2.05) is 0 Å². The number of aliphatic imine (C=N–C) groups is 1. The van der Waals surface area contributed by atoms with Crippen LogP contribution in [0.2, 0.25) is 0 Å². The van der Waals surface area contributed by atoms with Crippen LogP contribution in [-0.2, 0) is 4.79 Å². The van der Waals surface area contributed by atoms with E-state index < -0.39 is 5.91 Å². The third-order valence-corrected chi connectivity index (χ3v) is 1.48. The fourth-order valence-electron chi connectivity index (χ4n) is 0.482. The summed E-state index contributed by atoms with van der Waals surface area (Å²) in [7, 11) is 0. The van der Waals surface area contributed by atoms with E-state index in [1.165, 1.54) is 18.0 Å². The number of primary amides is 1. The van der Waals surface area contributed by atoms with E-state index in [1.54, 1.807) is 17.0 Å². The van der Waals surface area contributed by atoms with Gasteiger partial charge in [-0.1, -0.05) is 11.8 Å². The summed E-state index contributed by atoms with van der Waals surface area (Å²) in [5.41, 5.74) is 7.06. The van der Waals surface area contributed by atoms with E-state index in [0.717, 1.165) is 0 Å². The molecule has 10 heavy (non-hydrogen) atoms. The molecule has 0 spiro atoms. The lowest BCUT2D eigenvalue weighted by Gasteiger charge is -1.88. The van der Waals surface area contributed by atoms with Gasteiger partial charge in [-0.2, -0.15) is 0 Å². The molecule has 4 heteroatoms. The quantitative estimate of drug-likeness (QED) is 0.602. The molecule has 0 saturated carbocycles. The van der Waals surface area contributed by atoms with Crippen molar-refractivity contribution in [2.75, 3.05) is 0 Å². The second-order valence-corrected chi connectivity index (χ2v) is 2.40. The summed E-state index contributed by atoms with van der Waals surface area (Å²) in [4.78, 5) is 14.3. The van der Waals surface area contributed by atoms with Crippen LogP contribution in [0.3, 0.4) is 0 Å². The first-order valence-corrected chi connectivity index (χ1v) is 3.58.